The first-order valence-electron chi connectivity index (χ1n) is 2.73. The molecule has 0 saturated heterocycles. The maximum Gasteiger partial charge on any atom is 0.214 e. The molecule has 6 heteroatoms. The zero-order valence-electron chi connectivity index (χ0n) is 5.40. The second-order valence-electron chi connectivity index (χ2n) is 1.93. The number of H-pyrrole nitrogens is 1. The molecular weight excluding hydrogens is 152 g/mol. The van der Waals surface area contributed by atoms with Gasteiger partial charge in [0, 0.05) is 0 Å². The molecule has 5 nitrogen and oxygen atoms in total. The smallest absolute Gasteiger partial charge is 0.214 e. The molecule has 0 amide bonds. The van der Waals surface area contributed by atoms with Crippen LogP contribution in [0.3, 0.4) is 0 Å². The third-order valence-corrected chi connectivity index (χ3v) is 1.39. The van der Waals surface area contributed by atoms with Crippen molar-refractivity contribution in [2.75, 3.05) is 5.84 Å². The number of aromatic nitrogens is 3. The van der Waals surface area contributed by atoms with Crippen LogP contribution in [0.1, 0.15) is 18.9 Å². The van der Waals surface area contributed by atoms with E-state index in [0.29, 0.717) is 10.6 Å². The van der Waals surface area contributed by atoms with Gasteiger partial charge in [-0.25, -0.2) is 4.68 Å². The molecule has 0 spiro atoms. The molecule has 1 atom stereocenters. The Kier molecular flexibility index (Phi) is 1.73. The lowest BCUT2D eigenvalue weighted by molar-refractivity contribution is 0.185. The number of aliphatic hydroxyl groups excluding tert-OH is 1. The minimum Gasteiger partial charge on any atom is -0.385 e. The van der Waals surface area contributed by atoms with Crippen molar-refractivity contribution in [2.24, 2.45) is 0 Å². The largest absolute Gasteiger partial charge is 0.385 e. The van der Waals surface area contributed by atoms with Crippen molar-refractivity contribution in [3.8, 4) is 0 Å². The quantitative estimate of drug-likeness (QED) is 0.389. The summed E-state index contributed by atoms with van der Waals surface area (Å²) in [5, 5.41) is 15.1. The molecule has 1 heterocycles. The van der Waals surface area contributed by atoms with E-state index >= 15 is 0 Å². The van der Waals surface area contributed by atoms with Crippen LogP contribution < -0.4 is 5.84 Å². The zero-order chi connectivity index (χ0) is 7.72. The van der Waals surface area contributed by atoms with Crippen LogP contribution in [-0.4, -0.2) is 20.0 Å². The summed E-state index contributed by atoms with van der Waals surface area (Å²) in [6.07, 6.45) is -0.696. The Bertz CT molecular complexity index is 275. The summed E-state index contributed by atoms with van der Waals surface area (Å²) < 4.78 is 1.44. The van der Waals surface area contributed by atoms with Crippen LogP contribution in [0.2, 0.25) is 0 Å². The molecule has 0 aliphatic heterocycles. The highest BCUT2D eigenvalue weighted by Gasteiger charge is 2.07. The summed E-state index contributed by atoms with van der Waals surface area (Å²) in [6.45, 7) is 1.56. The van der Waals surface area contributed by atoms with Gasteiger partial charge in [-0.05, 0) is 19.1 Å². The van der Waals surface area contributed by atoms with Crippen molar-refractivity contribution in [3.05, 3.63) is 10.6 Å². The van der Waals surface area contributed by atoms with Crippen LogP contribution in [0.5, 0.6) is 0 Å². The average Bonchev–Trinajstić information content (AvgIpc) is 2.14. The van der Waals surface area contributed by atoms with Crippen molar-refractivity contribution in [1.82, 2.24) is 14.9 Å². The fourth-order valence-electron chi connectivity index (χ4n) is 0.612. The number of aliphatic hydroxyl groups is 1. The molecule has 1 aromatic heterocycles. The maximum absolute atomic E-state index is 8.99. The molecule has 4 N–H and O–H groups in total. The number of aromatic amines is 1. The van der Waals surface area contributed by atoms with E-state index in [0.717, 1.165) is 4.68 Å². The molecule has 0 fully saturated rings. The Labute approximate surface area is 62.5 Å². The van der Waals surface area contributed by atoms with Crippen LogP contribution >= 0.6 is 12.2 Å². The minimum atomic E-state index is -0.696. The van der Waals surface area contributed by atoms with Gasteiger partial charge in [0.05, 0.1) is 0 Å². The van der Waals surface area contributed by atoms with Crippen molar-refractivity contribution >= 4 is 12.2 Å². The van der Waals surface area contributed by atoms with Crippen molar-refractivity contribution in [1.29, 1.82) is 0 Å². The summed E-state index contributed by atoms with van der Waals surface area (Å²) in [4.78, 5) is 0. The number of hydrogen-bond acceptors (Lipinski definition) is 4. The summed E-state index contributed by atoms with van der Waals surface area (Å²) in [5.41, 5.74) is 0. The topological polar surface area (TPSA) is 79.9 Å². The molecule has 0 aliphatic carbocycles. The molecule has 0 aliphatic rings. The van der Waals surface area contributed by atoms with Crippen LogP contribution in [0.15, 0.2) is 0 Å². The van der Waals surface area contributed by atoms with Crippen molar-refractivity contribution in [2.45, 2.75) is 13.0 Å². The highest BCUT2D eigenvalue weighted by Crippen LogP contribution is 2.04. The normalized spacial score (nSPS) is 13.4. The van der Waals surface area contributed by atoms with Gasteiger partial charge in [-0.3, -0.25) is 5.10 Å². The first-order chi connectivity index (χ1) is 4.63. The number of nitrogens with one attached hydrogen (secondary N) is 1. The van der Waals surface area contributed by atoms with Gasteiger partial charge in [-0.1, -0.05) is 0 Å². The Morgan fingerprint density at radius 2 is 2.50 bits per heavy atom. The highest BCUT2D eigenvalue weighted by atomic mass is 32.1. The molecule has 1 rings (SSSR count). The van der Waals surface area contributed by atoms with Gasteiger partial charge < -0.3 is 10.9 Å². The molecule has 56 valence electrons. The molecule has 0 radical (unpaired) electrons. The SMILES string of the molecule is CC(O)c1n[nH]c(=S)n1N. The number of nitrogen functional groups attached to an aromatic ring is 1. The maximum atomic E-state index is 8.99. The lowest BCUT2D eigenvalue weighted by Gasteiger charge is -2.00. The molecule has 1 unspecified atom stereocenters. The van der Waals surface area contributed by atoms with Crippen molar-refractivity contribution < 1.29 is 5.11 Å². The predicted octanol–water partition coefficient (Wildman–Crippen LogP) is -0.292. The molecule has 0 aromatic carbocycles. The summed E-state index contributed by atoms with van der Waals surface area (Å²) in [6, 6.07) is 0. The minimum absolute atomic E-state index is 0.302. The second-order valence-corrected chi connectivity index (χ2v) is 2.32. The summed E-state index contributed by atoms with van der Waals surface area (Å²) in [5.74, 6) is 5.70. The number of nitrogens with zero attached hydrogens (tertiary/aromatic N) is 2. The molecule has 0 bridgehead atoms. The first kappa shape index (κ1) is 7.23. The molecule has 1 aromatic rings. The number of hydrogen-bond donors (Lipinski definition) is 3. The van der Waals surface area contributed by atoms with Crippen LogP contribution in [0.4, 0.5) is 0 Å². The van der Waals surface area contributed by atoms with E-state index in [9.17, 15) is 0 Å². The molecule has 0 saturated carbocycles. The van der Waals surface area contributed by atoms with Gasteiger partial charge in [0.2, 0.25) is 4.77 Å². The van der Waals surface area contributed by atoms with Gasteiger partial charge in [0.15, 0.2) is 5.82 Å². The zero-order valence-corrected chi connectivity index (χ0v) is 6.22. The van der Waals surface area contributed by atoms with E-state index in [1.54, 1.807) is 6.92 Å². The number of nitrogens with two attached hydrogens (primary N) is 1. The van der Waals surface area contributed by atoms with E-state index in [-0.39, 0.29) is 0 Å². The number of rotatable bonds is 1. The van der Waals surface area contributed by atoms with E-state index in [1.807, 2.05) is 0 Å². The Morgan fingerprint density at radius 3 is 2.70 bits per heavy atom. The Hall–Kier alpha value is -0.880. The average molecular weight is 160 g/mol. The highest BCUT2D eigenvalue weighted by molar-refractivity contribution is 7.71. The molecule has 10 heavy (non-hydrogen) atoms. The first-order valence-corrected chi connectivity index (χ1v) is 3.14. The van der Waals surface area contributed by atoms with Crippen LogP contribution in [0, 0.1) is 4.77 Å². The van der Waals surface area contributed by atoms with Gasteiger partial charge in [0.25, 0.3) is 0 Å². The van der Waals surface area contributed by atoms with E-state index in [2.05, 4.69) is 10.2 Å². The van der Waals surface area contributed by atoms with Crippen LogP contribution in [-0.2, 0) is 0 Å². The van der Waals surface area contributed by atoms with E-state index in [1.165, 1.54) is 0 Å². The Balaban J connectivity index is 3.18. The molecular formula is C4H8N4OS. The second kappa shape index (κ2) is 2.39. The lowest BCUT2D eigenvalue weighted by atomic mass is 10.4. The van der Waals surface area contributed by atoms with Gasteiger partial charge in [0.1, 0.15) is 6.10 Å². The fraction of sp³-hybridized carbons (Fsp3) is 0.500. The van der Waals surface area contributed by atoms with Gasteiger partial charge >= 0.3 is 0 Å². The standard InChI is InChI=1S/C4H8N4OS/c1-2(9)3-6-7-4(10)8(3)5/h2,9H,5H2,1H3,(H,7,10). The van der Waals surface area contributed by atoms with E-state index in [4.69, 9.17) is 23.2 Å². The monoisotopic (exact) mass is 160 g/mol. The van der Waals surface area contributed by atoms with Gasteiger partial charge in [-0.2, -0.15) is 5.10 Å². The van der Waals surface area contributed by atoms with Gasteiger partial charge in [-0.15, -0.1) is 0 Å². The summed E-state index contributed by atoms with van der Waals surface area (Å²) >= 11 is 4.70. The Morgan fingerprint density at radius 1 is 1.90 bits per heavy atom. The third-order valence-electron chi connectivity index (χ3n) is 1.11. The summed E-state index contributed by atoms with van der Waals surface area (Å²) in [7, 11) is 0. The predicted molar refractivity (Wildman–Crippen MR) is 38.2 cm³/mol. The third kappa shape index (κ3) is 1.03. The van der Waals surface area contributed by atoms with Crippen LogP contribution in [0.25, 0.3) is 0 Å². The van der Waals surface area contributed by atoms with E-state index < -0.39 is 6.10 Å². The van der Waals surface area contributed by atoms with Crippen molar-refractivity contribution in [3.63, 3.8) is 0 Å². The fourth-order valence-corrected chi connectivity index (χ4v) is 0.751. The lowest BCUT2D eigenvalue weighted by Crippen LogP contribution is -2.14.